The molecule has 0 heterocycles. The van der Waals surface area contributed by atoms with Gasteiger partial charge in [0.05, 0.1) is 0 Å². The Morgan fingerprint density at radius 1 is 1.38 bits per heavy atom. The van der Waals surface area contributed by atoms with Crippen molar-refractivity contribution in [1.29, 1.82) is 0 Å². The van der Waals surface area contributed by atoms with Crippen LogP contribution in [0.2, 0.25) is 0 Å². The first-order valence-corrected chi connectivity index (χ1v) is 6.13. The maximum absolute atomic E-state index is 10.7. The molecule has 0 saturated carbocycles. The van der Waals surface area contributed by atoms with Crippen molar-refractivity contribution in [3.05, 3.63) is 40.4 Å². The zero-order chi connectivity index (χ0) is 12.1. The molecular weight excluding hydrogens is 315 g/mol. The van der Waals surface area contributed by atoms with E-state index in [1.807, 2.05) is 24.3 Å². The van der Waals surface area contributed by atoms with Gasteiger partial charge in [-0.3, -0.25) is 0 Å². The van der Waals surface area contributed by atoms with E-state index in [0.29, 0.717) is 12.0 Å². The summed E-state index contributed by atoms with van der Waals surface area (Å²) in [5.74, 6) is -1.01. The Balaban J connectivity index is 3.01. The van der Waals surface area contributed by atoms with Crippen LogP contribution in [-0.4, -0.2) is 15.9 Å². The Bertz CT molecular complexity index is 399. The molecule has 1 rings (SSSR count). The van der Waals surface area contributed by atoms with Crippen LogP contribution in [0.3, 0.4) is 0 Å². The first-order chi connectivity index (χ1) is 7.49. The molecule has 16 heavy (non-hydrogen) atoms. The zero-order valence-corrected chi connectivity index (χ0v) is 11.3. The van der Waals surface area contributed by atoms with Crippen LogP contribution in [0.4, 0.5) is 0 Å². The van der Waals surface area contributed by atoms with Gasteiger partial charge in [0.25, 0.3) is 0 Å². The Kier molecular flexibility index (Phi) is 5.32. The van der Waals surface area contributed by atoms with Crippen LogP contribution in [-0.2, 0) is 4.79 Å². The second-order valence-corrected chi connectivity index (χ2v) is 5.30. The van der Waals surface area contributed by atoms with E-state index in [0.717, 1.165) is 16.1 Å². The molecule has 0 aliphatic carbocycles. The number of halogens is 3. The minimum atomic E-state index is -1.01. The summed E-state index contributed by atoms with van der Waals surface area (Å²) in [5.41, 5.74) is 1.41. The van der Waals surface area contributed by atoms with Gasteiger partial charge < -0.3 is 5.11 Å². The number of carboxylic acid groups (broad SMARTS) is 1. The lowest BCUT2D eigenvalue weighted by molar-refractivity contribution is -0.131. The van der Waals surface area contributed by atoms with Gasteiger partial charge in [0.15, 0.2) is 0 Å². The molecule has 5 heteroatoms. The SMILES string of the molecule is O=C(O)C=C(CC(Cl)Cl)c1ccc(Br)cc1. The summed E-state index contributed by atoms with van der Waals surface area (Å²) in [7, 11) is 0. The second-order valence-electron chi connectivity index (χ2n) is 3.11. The van der Waals surface area contributed by atoms with Crippen LogP contribution >= 0.6 is 39.1 Å². The van der Waals surface area contributed by atoms with Gasteiger partial charge in [0.1, 0.15) is 4.84 Å². The molecule has 0 saturated heterocycles. The largest absolute Gasteiger partial charge is 0.478 e. The van der Waals surface area contributed by atoms with Crippen LogP contribution < -0.4 is 0 Å². The van der Waals surface area contributed by atoms with Crippen molar-refractivity contribution in [2.45, 2.75) is 11.3 Å². The summed E-state index contributed by atoms with van der Waals surface area (Å²) in [6, 6.07) is 7.30. The molecule has 0 radical (unpaired) electrons. The molecule has 0 amide bonds. The maximum Gasteiger partial charge on any atom is 0.328 e. The molecule has 86 valence electrons. The summed E-state index contributed by atoms with van der Waals surface area (Å²) in [6.45, 7) is 0. The summed E-state index contributed by atoms with van der Waals surface area (Å²) < 4.78 is 0.930. The van der Waals surface area contributed by atoms with Crippen LogP contribution in [0, 0.1) is 0 Å². The number of alkyl halides is 2. The fourth-order valence-corrected chi connectivity index (χ4v) is 1.84. The standard InChI is InChI=1S/C11H9BrCl2O2/c12-9-3-1-7(2-4-9)8(5-10(13)14)6-11(15)16/h1-4,6,10H,5H2,(H,15,16). The Hall–Kier alpha value is -0.510. The molecule has 0 unspecified atom stereocenters. The van der Waals surface area contributed by atoms with Gasteiger partial charge in [-0.15, -0.1) is 23.2 Å². The van der Waals surface area contributed by atoms with E-state index in [2.05, 4.69) is 15.9 Å². The van der Waals surface area contributed by atoms with Crippen LogP contribution in [0.1, 0.15) is 12.0 Å². The van der Waals surface area contributed by atoms with Crippen molar-refractivity contribution in [3.63, 3.8) is 0 Å². The molecule has 0 aliphatic heterocycles. The average Bonchev–Trinajstić information content (AvgIpc) is 2.16. The Labute approximate surface area is 112 Å². The number of benzene rings is 1. The zero-order valence-electron chi connectivity index (χ0n) is 8.16. The van der Waals surface area contributed by atoms with Gasteiger partial charge >= 0.3 is 5.97 Å². The number of carboxylic acids is 1. The fourth-order valence-electron chi connectivity index (χ4n) is 1.24. The topological polar surface area (TPSA) is 37.3 Å². The number of hydrogen-bond acceptors (Lipinski definition) is 1. The second kappa shape index (κ2) is 6.28. The van der Waals surface area contributed by atoms with Crippen molar-refractivity contribution in [1.82, 2.24) is 0 Å². The number of carbonyl (C=O) groups is 1. The molecule has 0 spiro atoms. The fraction of sp³-hybridized carbons (Fsp3) is 0.182. The molecule has 1 aromatic carbocycles. The van der Waals surface area contributed by atoms with Gasteiger partial charge in [-0.1, -0.05) is 28.1 Å². The van der Waals surface area contributed by atoms with Gasteiger partial charge in [-0.05, 0) is 23.3 Å². The van der Waals surface area contributed by atoms with E-state index in [9.17, 15) is 4.79 Å². The van der Waals surface area contributed by atoms with Crippen LogP contribution in [0.25, 0.3) is 5.57 Å². The van der Waals surface area contributed by atoms with Crippen LogP contribution in [0.15, 0.2) is 34.8 Å². The lowest BCUT2D eigenvalue weighted by atomic mass is 10.0. The highest BCUT2D eigenvalue weighted by Gasteiger charge is 2.09. The lowest BCUT2D eigenvalue weighted by Crippen LogP contribution is -1.96. The average molecular weight is 324 g/mol. The Morgan fingerprint density at radius 2 is 1.94 bits per heavy atom. The molecule has 1 N–H and O–H groups in total. The van der Waals surface area contributed by atoms with E-state index in [-0.39, 0.29) is 0 Å². The van der Waals surface area contributed by atoms with E-state index >= 15 is 0 Å². The van der Waals surface area contributed by atoms with Crippen molar-refractivity contribution in [2.24, 2.45) is 0 Å². The highest BCUT2D eigenvalue weighted by atomic mass is 79.9. The molecule has 0 bridgehead atoms. The van der Waals surface area contributed by atoms with Gasteiger partial charge in [0, 0.05) is 17.0 Å². The third kappa shape index (κ3) is 4.56. The molecule has 0 aliphatic rings. The smallest absolute Gasteiger partial charge is 0.328 e. The molecule has 0 fully saturated rings. The summed E-state index contributed by atoms with van der Waals surface area (Å²) in [6.07, 6.45) is 1.43. The third-order valence-electron chi connectivity index (χ3n) is 1.89. The number of allylic oxidation sites excluding steroid dienone is 1. The number of aliphatic carboxylic acids is 1. The number of hydrogen-bond donors (Lipinski definition) is 1. The van der Waals surface area contributed by atoms with Crippen molar-refractivity contribution in [3.8, 4) is 0 Å². The summed E-state index contributed by atoms with van der Waals surface area (Å²) >= 11 is 14.6. The van der Waals surface area contributed by atoms with E-state index in [1.54, 1.807) is 0 Å². The Morgan fingerprint density at radius 3 is 2.38 bits per heavy atom. The number of rotatable bonds is 4. The molecule has 0 aromatic heterocycles. The minimum Gasteiger partial charge on any atom is -0.478 e. The van der Waals surface area contributed by atoms with Crippen LogP contribution in [0.5, 0.6) is 0 Å². The quantitative estimate of drug-likeness (QED) is 0.668. The summed E-state index contributed by atoms with van der Waals surface area (Å²) in [5, 5.41) is 8.74. The van der Waals surface area contributed by atoms with Crippen molar-refractivity contribution >= 4 is 50.7 Å². The van der Waals surface area contributed by atoms with Gasteiger partial charge in [-0.2, -0.15) is 0 Å². The highest BCUT2D eigenvalue weighted by Crippen LogP contribution is 2.25. The third-order valence-corrected chi connectivity index (χ3v) is 2.72. The van der Waals surface area contributed by atoms with Gasteiger partial charge in [0.2, 0.25) is 0 Å². The summed E-state index contributed by atoms with van der Waals surface area (Å²) in [4.78, 5) is 10.0. The molecule has 2 nitrogen and oxygen atoms in total. The molecule has 1 aromatic rings. The van der Waals surface area contributed by atoms with E-state index in [4.69, 9.17) is 28.3 Å². The highest BCUT2D eigenvalue weighted by molar-refractivity contribution is 9.10. The van der Waals surface area contributed by atoms with E-state index < -0.39 is 10.8 Å². The monoisotopic (exact) mass is 322 g/mol. The van der Waals surface area contributed by atoms with Crippen molar-refractivity contribution in [2.75, 3.05) is 0 Å². The predicted molar refractivity (Wildman–Crippen MR) is 69.9 cm³/mol. The lowest BCUT2D eigenvalue weighted by Gasteiger charge is -2.07. The first-order valence-electron chi connectivity index (χ1n) is 4.46. The normalized spacial score (nSPS) is 11.9. The molecular formula is C11H9BrCl2O2. The predicted octanol–water partition coefficient (Wildman–Crippen LogP) is 4.11. The first kappa shape index (κ1) is 13.6. The van der Waals surface area contributed by atoms with Gasteiger partial charge in [-0.25, -0.2) is 4.79 Å². The van der Waals surface area contributed by atoms with Crippen molar-refractivity contribution < 1.29 is 9.90 Å². The maximum atomic E-state index is 10.7. The van der Waals surface area contributed by atoms with E-state index in [1.165, 1.54) is 0 Å². The molecule has 0 atom stereocenters. The minimum absolute atomic E-state index is 0.303.